The molecule has 2 aromatic rings. The Kier molecular flexibility index (Phi) is 5.72. The minimum absolute atomic E-state index is 0.0283. The van der Waals surface area contributed by atoms with E-state index in [1.165, 1.54) is 0 Å². The van der Waals surface area contributed by atoms with Crippen molar-refractivity contribution in [2.24, 2.45) is 0 Å². The van der Waals surface area contributed by atoms with Gasteiger partial charge in [0.2, 0.25) is 11.8 Å². The number of carbonyl (C=O) groups is 2. The molecule has 0 spiro atoms. The average Bonchev–Trinajstić information content (AvgIpc) is 3.37. The zero-order chi connectivity index (χ0) is 20.3. The van der Waals surface area contributed by atoms with Crippen LogP contribution in [0.4, 0.5) is 0 Å². The zero-order valence-electron chi connectivity index (χ0n) is 16.8. The van der Waals surface area contributed by atoms with Crippen LogP contribution in [0.3, 0.4) is 0 Å². The molecule has 6 heteroatoms. The largest absolute Gasteiger partial charge is 0.496 e. The van der Waals surface area contributed by atoms with Gasteiger partial charge in [-0.1, -0.05) is 30.3 Å². The first kappa shape index (κ1) is 19.7. The molecular weight excluding hydrogens is 368 g/mol. The van der Waals surface area contributed by atoms with Crippen LogP contribution >= 0.6 is 0 Å². The SMILES string of the molecule is COc1ccc(CC2(CCC(=O)NC3CCOC3)CCC(=O)N2)c2ccccc12. The number of carbonyl (C=O) groups excluding carboxylic acids is 2. The monoisotopic (exact) mass is 396 g/mol. The van der Waals surface area contributed by atoms with E-state index in [1.54, 1.807) is 7.11 Å². The lowest BCUT2D eigenvalue weighted by Gasteiger charge is -2.30. The number of ether oxygens (including phenoxy) is 2. The molecule has 2 unspecified atom stereocenters. The fraction of sp³-hybridized carbons (Fsp3) is 0.478. The van der Waals surface area contributed by atoms with Gasteiger partial charge in [-0.15, -0.1) is 0 Å². The molecule has 2 atom stereocenters. The molecule has 0 aliphatic carbocycles. The number of amides is 2. The first-order valence-corrected chi connectivity index (χ1v) is 10.3. The lowest BCUT2D eigenvalue weighted by atomic mass is 9.83. The molecule has 4 rings (SSSR count). The van der Waals surface area contributed by atoms with Gasteiger partial charge in [-0.25, -0.2) is 0 Å². The quantitative estimate of drug-likeness (QED) is 0.755. The molecule has 2 N–H and O–H groups in total. The van der Waals surface area contributed by atoms with Crippen molar-refractivity contribution >= 4 is 22.6 Å². The number of benzene rings is 2. The maximum atomic E-state index is 12.4. The first-order chi connectivity index (χ1) is 14.1. The Balaban J connectivity index is 1.52. The van der Waals surface area contributed by atoms with Crippen LogP contribution in [-0.4, -0.2) is 43.7 Å². The normalized spacial score (nSPS) is 23.9. The van der Waals surface area contributed by atoms with E-state index < -0.39 is 5.54 Å². The Morgan fingerprint density at radius 2 is 2.10 bits per heavy atom. The van der Waals surface area contributed by atoms with E-state index in [-0.39, 0.29) is 17.9 Å². The van der Waals surface area contributed by atoms with E-state index in [0.29, 0.717) is 38.9 Å². The lowest BCUT2D eigenvalue weighted by Crippen LogP contribution is -2.45. The van der Waals surface area contributed by atoms with Crippen molar-refractivity contribution in [2.75, 3.05) is 20.3 Å². The van der Waals surface area contributed by atoms with Gasteiger partial charge in [0.05, 0.1) is 19.8 Å². The summed E-state index contributed by atoms with van der Waals surface area (Å²) in [7, 11) is 1.67. The molecule has 6 nitrogen and oxygen atoms in total. The van der Waals surface area contributed by atoms with Crippen LogP contribution in [0.1, 0.15) is 37.7 Å². The van der Waals surface area contributed by atoms with Gasteiger partial charge in [-0.2, -0.15) is 0 Å². The van der Waals surface area contributed by atoms with E-state index in [4.69, 9.17) is 9.47 Å². The molecule has 29 heavy (non-hydrogen) atoms. The Hall–Kier alpha value is -2.60. The van der Waals surface area contributed by atoms with Crippen molar-refractivity contribution < 1.29 is 19.1 Å². The Labute approximate surface area is 170 Å². The van der Waals surface area contributed by atoms with Crippen LogP contribution in [0.25, 0.3) is 10.8 Å². The molecule has 2 amide bonds. The maximum Gasteiger partial charge on any atom is 0.220 e. The summed E-state index contributed by atoms with van der Waals surface area (Å²) in [4.78, 5) is 24.5. The molecule has 2 aromatic carbocycles. The van der Waals surface area contributed by atoms with Crippen molar-refractivity contribution in [2.45, 2.75) is 50.1 Å². The summed E-state index contributed by atoms with van der Waals surface area (Å²) >= 11 is 0. The fourth-order valence-corrected chi connectivity index (χ4v) is 4.51. The van der Waals surface area contributed by atoms with E-state index in [0.717, 1.165) is 34.9 Å². The van der Waals surface area contributed by atoms with Crippen molar-refractivity contribution in [1.82, 2.24) is 10.6 Å². The van der Waals surface area contributed by atoms with Crippen LogP contribution in [0.2, 0.25) is 0 Å². The molecular formula is C23H28N2O4. The summed E-state index contributed by atoms with van der Waals surface area (Å²) in [5.41, 5.74) is 0.769. The van der Waals surface area contributed by atoms with Crippen molar-refractivity contribution in [1.29, 1.82) is 0 Å². The number of nitrogens with one attached hydrogen (secondary N) is 2. The molecule has 0 bridgehead atoms. The van der Waals surface area contributed by atoms with Crippen molar-refractivity contribution in [3.05, 3.63) is 42.0 Å². The number of hydrogen-bond donors (Lipinski definition) is 2. The van der Waals surface area contributed by atoms with Crippen LogP contribution in [0.15, 0.2) is 36.4 Å². The smallest absolute Gasteiger partial charge is 0.220 e. The third kappa shape index (κ3) is 4.37. The zero-order valence-corrected chi connectivity index (χ0v) is 16.8. The third-order valence-corrected chi connectivity index (χ3v) is 6.08. The molecule has 0 radical (unpaired) electrons. The molecule has 0 saturated carbocycles. The highest BCUT2D eigenvalue weighted by molar-refractivity contribution is 5.91. The van der Waals surface area contributed by atoms with Crippen LogP contribution < -0.4 is 15.4 Å². The summed E-state index contributed by atoms with van der Waals surface area (Å²) in [6, 6.07) is 12.3. The van der Waals surface area contributed by atoms with Gasteiger partial charge in [-0.3, -0.25) is 9.59 Å². The highest BCUT2D eigenvalue weighted by atomic mass is 16.5. The molecule has 2 fully saturated rings. The summed E-state index contributed by atoms with van der Waals surface area (Å²) in [5.74, 6) is 0.931. The van der Waals surface area contributed by atoms with Crippen molar-refractivity contribution in [3.8, 4) is 5.75 Å². The standard InChI is InChI=1S/C23H28N2O4/c1-28-20-7-6-16(18-4-2-3-5-19(18)20)14-23(12-9-22(27)25-23)11-8-21(26)24-17-10-13-29-15-17/h2-7,17H,8-15H2,1H3,(H,24,26)(H,25,27). The molecule has 154 valence electrons. The van der Waals surface area contributed by atoms with Gasteiger partial charge in [-0.05, 0) is 42.7 Å². The molecule has 0 aromatic heterocycles. The average molecular weight is 396 g/mol. The van der Waals surface area contributed by atoms with Crippen molar-refractivity contribution in [3.63, 3.8) is 0 Å². The van der Waals surface area contributed by atoms with E-state index >= 15 is 0 Å². The van der Waals surface area contributed by atoms with Gasteiger partial charge < -0.3 is 20.1 Å². The van der Waals surface area contributed by atoms with E-state index in [9.17, 15) is 9.59 Å². The highest BCUT2D eigenvalue weighted by Gasteiger charge is 2.38. The van der Waals surface area contributed by atoms with E-state index in [2.05, 4.69) is 28.8 Å². The minimum Gasteiger partial charge on any atom is -0.496 e. The number of methoxy groups -OCH3 is 1. The van der Waals surface area contributed by atoms with Gasteiger partial charge in [0, 0.05) is 30.4 Å². The van der Waals surface area contributed by atoms with Gasteiger partial charge in [0.15, 0.2) is 0 Å². The highest BCUT2D eigenvalue weighted by Crippen LogP contribution is 2.34. The maximum absolute atomic E-state index is 12.4. The van der Waals surface area contributed by atoms with E-state index in [1.807, 2.05) is 18.2 Å². The Morgan fingerprint density at radius 3 is 2.79 bits per heavy atom. The molecule has 2 heterocycles. The van der Waals surface area contributed by atoms with Gasteiger partial charge in [0.25, 0.3) is 0 Å². The number of rotatable bonds is 7. The molecule has 2 saturated heterocycles. The van der Waals surface area contributed by atoms with Gasteiger partial charge >= 0.3 is 0 Å². The number of hydrogen-bond acceptors (Lipinski definition) is 4. The van der Waals surface area contributed by atoms with Crippen LogP contribution in [0.5, 0.6) is 5.75 Å². The second-order valence-corrected chi connectivity index (χ2v) is 8.11. The second kappa shape index (κ2) is 8.41. The molecule has 2 aliphatic rings. The summed E-state index contributed by atoms with van der Waals surface area (Å²) in [6.45, 7) is 1.29. The Morgan fingerprint density at radius 1 is 1.28 bits per heavy atom. The number of fused-ring (bicyclic) bond motifs is 1. The summed E-state index contributed by atoms with van der Waals surface area (Å²) in [5, 5.41) is 8.42. The minimum atomic E-state index is -0.391. The Bertz CT molecular complexity index is 907. The topological polar surface area (TPSA) is 76.7 Å². The molecule has 2 aliphatic heterocycles. The van der Waals surface area contributed by atoms with Crippen LogP contribution in [-0.2, 0) is 20.7 Å². The lowest BCUT2D eigenvalue weighted by molar-refractivity contribution is -0.123. The predicted octanol–water partition coefficient (Wildman–Crippen LogP) is 2.73. The fourth-order valence-electron chi connectivity index (χ4n) is 4.51. The predicted molar refractivity (Wildman–Crippen MR) is 111 cm³/mol. The summed E-state index contributed by atoms with van der Waals surface area (Å²) in [6.07, 6.45) is 3.83. The first-order valence-electron chi connectivity index (χ1n) is 10.3. The second-order valence-electron chi connectivity index (χ2n) is 8.11. The third-order valence-electron chi connectivity index (χ3n) is 6.08. The van der Waals surface area contributed by atoms with Crippen LogP contribution in [0, 0.1) is 0 Å². The van der Waals surface area contributed by atoms with Gasteiger partial charge in [0.1, 0.15) is 5.75 Å². The summed E-state index contributed by atoms with van der Waals surface area (Å²) < 4.78 is 10.8.